The number of nitrogens with two attached hydrogens (primary N) is 1. The summed E-state index contributed by atoms with van der Waals surface area (Å²) in [6, 6.07) is 0.834. The Morgan fingerprint density at radius 3 is 2.50 bits per heavy atom. The van der Waals surface area contributed by atoms with Gasteiger partial charge >= 0.3 is 0 Å². The van der Waals surface area contributed by atoms with E-state index in [0.717, 1.165) is 24.9 Å². The lowest BCUT2D eigenvalue weighted by Gasteiger charge is -2.22. The standard InChI is InChI=1S/C11H22N2O/c12-7-11(14)5-6-13(10-3-4-10)8-9-1-2-9/h9-11,14H,1-8,12H2. The fourth-order valence-electron chi connectivity index (χ4n) is 1.93. The van der Waals surface area contributed by atoms with Crippen molar-refractivity contribution >= 4 is 0 Å². The molecule has 14 heavy (non-hydrogen) atoms. The summed E-state index contributed by atoms with van der Waals surface area (Å²) < 4.78 is 0. The predicted molar refractivity (Wildman–Crippen MR) is 57.0 cm³/mol. The van der Waals surface area contributed by atoms with Gasteiger partial charge in [0.15, 0.2) is 0 Å². The van der Waals surface area contributed by atoms with Gasteiger partial charge in [-0.3, -0.25) is 0 Å². The average Bonchev–Trinajstić information content (AvgIpc) is 3.02. The Labute approximate surface area is 86.3 Å². The third-order valence-corrected chi connectivity index (χ3v) is 3.27. The van der Waals surface area contributed by atoms with Crippen LogP contribution in [0.5, 0.6) is 0 Å². The molecule has 0 heterocycles. The molecule has 3 heteroatoms. The van der Waals surface area contributed by atoms with E-state index in [1.807, 2.05) is 0 Å². The molecule has 2 aliphatic carbocycles. The van der Waals surface area contributed by atoms with Crippen molar-refractivity contribution in [2.75, 3.05) is 19.6 Å². The van der Waals surface area contributed by atoms with Crippen LogP contribution in [0.4, 0.5) is 0 Å². The molecule has 0 aliphatic heterocycles. The van der Waals surface area contributed by atoms with Crippen LogP contribution in [0.15, 0.2) is 0 Å². The molecule has 1 atom stereocenters. The Morgan fingerprint density at radius 1 is 1.29 bits per heavy atom. The summed E-state index contributed by atoms with van der Waals surface area (Å²) in [7, 11) is 0. The largest absolute Gasteiger partial charge is 0.392 e. The Hall–Kier alpha value is -0.120. The number of hydrogen-bond acceptors (Lipinski definition) is 3. The van der Waals surface area contributed by atoms with Crippen molar-refractivity contribution in [2.45, 2.75) is 44.2 Å². The van der Waals surface area contributed by atoms with E-state index >= 15 is 0 Å². The summed E-state index contributed by atoms with van der Waals surface area (Å²) in [4.78, 5) is 2.57. The Kier molecular flexibility index (Phi) is 3.42. The molecule has 0 aromatic carbocycles. The van der Waals surface area contributed by atoms with Gasteiger partial charge in [-0.15, -0.1) is 0 Å². The molecule has 0 aromatic rings. The van der Waals surface area contributed by atoms with Crippen LogP contribution >= 0.6 is 0 Å². The summed E-state index contributed by atoms with van der Waals surface area (Å²) in [6.45, 7) is 2.71. The van der Waals surface area contributed by atoms with E-state index in [1.54, 1.807) is 0 Å². The van der Waals surface area contributed by atoms with Gasteiger partial charge in [0.05, 0.1) is 6.10 Å². The highest BCUT2D eigenvalue weighted by molar-refractivity contribution is 4.88. The van der Waals surface area contributed by atoms with Gasteiger partial charge in [-0.05, 0) is 38.0 Å². The molecular weight excluding hydrogens is 176 g/mol. The SMILES string of the molecule is NCC(O)CCN(CC1CC1)C1CC1. The van der Waals surface area contributed by atoms with E-state index in [1.165, 1.54) is 32.2 Å². The fourth-order valence-corrected chi connectivity index (χ4v) is 1.93. The number of aliphatic hydroxyl groups is 1. The van der Waals surface area contributed by atoms with E-state index < -0.39 is 0 Å². The van der Waals surface area contributed by atoms with E-state index in [9.17, 15) is 5.11 Å². The molecule has 2 aliphatic rings. The van der Waals surface area contributed by atoms with E-state index in [0.29, 0.717) is 6.54 Å². The molecule has 0 bridgehead atoms. The van der Waals surface area contributed by atoms with Gasteiger partial charge in [0, 0.05) is 25.7 Å². The van der Waals surface area contributed by atoms with Gasteiger partial charge < -0.3 is 15.7 Å². The number of nitrogens with zero attached hydrogens (tertiary/aromatic N) is 1. The second-order valence-electron chi connectivity index (χ2n) is 4.85. The lowest BCUT2D eigenvalue weighted by Crippen LogP contribution is -2.33. The molecular formula is C11H22N2O. The summed E-state index contributed by atoms with van der Waals surface area (Å²) in [5.41, 5.74) is 5.40. The minimum Gasteiger partial charge on any atom is -0.392 e. The molecule has 2 rings (SSSR count). The molecule has 1 unspecified atom stereocenters. The van der Waals surface area contributed by atoms with Gasteiger partial charge in [0.1, 0.15) is 0 Å². The van der Waals surface area contributed by atoms with Gasteiger partial charge in [0.25, 0.3) is 0 Å². The van der Waals surface area contributed by atoms with Crippen LogP contribution in [0.1, 0.15) is 32.1 Å². The number of hydrogen-bond donors (Lipinski definition) is 2. The zero-order chi connectivity index (χ0) is 9.97. The van der Waals surface area contributed by atoms with Crippen molar-refractivity contribution in [3.05, 3.63) is 0 Å². The first-order chi connectivity index (χ1) is 6.79. The normalized spacial score (nSPS) is 24.2. The van der Waals surface area contributed by atoms with Crippen LogP contribution in [0.3, 0.4) is 0 Å². The van der Waals surface area contributed by atoms with Crippen LogP contribution in [-0.2, 0) is 0 Å². The lowest BCUT2D eigenvalue weighted by molar-refractivity contribution is 0.142. The van der Waals surface area contributed by atoms with Crippen molar-refractivity contribution in [1.82, 2.24) is 4.90 Å². The molecule has 2 saturated carbocycles. The van der Waals surface area contributed by atoms with Crippen LogP contribution in [0, 0.1) is 5.92 Å². The Bertz CT molecular complexity index is 178. The van der Waals surface area contributed by atoms with Crippen molar-refractivity contribution in [3.63, 3.8) is 0 Å². The summed E-state index contributed by atoms with van der Waals surface area (Å²) in [6.07, 6.45) is 6.12. The van der Waals surface area contributed by atoms with Crippen molar-refractivity contribution < 1.29 is 5.11 Å². The maximum absolute atomic E-state index is 9.41. The maximum Gasteiger partial charge on any atom is 0.0674 e. The van der Waals surface area contributed by atoms with Crippen LogP contribution in [0.25, 0.3) is 0 Å². The predicted octanol–water partition coefficient (Wildman–Crippen LogP) is 0.570. The topological polar surface area (TPSA) is 49.5 Å². The third-order valence-electron chi connectivity index (χ3n) is 3.27. The molecule has 82 valence electrons. The highest BCUT2D eigenvalue weighted by Crippen LogP contribution is 2.34. The Balaban J connectivity index is 1.67. The van der Waals surface area contributed by atoms with Gasteiger partial charge in [-0.1, -0.05) is 0 Å². The molecule has 0 amide bonds. The summed E-state index contributed by atoms with van der Waals surface area (Å²) in [5.74, 6) is 0.964. The minimum atomic E-state index is -0.296. The zero-order valence-electron chi connectivity index (χ0n) is 8.86. The number of rotatable bonds is 7. The monoisotopic (exact) mass is 198 g/mol. The fraction of sp³-hybridized carbons (Fsp3) is 1.00. The first kappa shape index (κ1) is 10.4. The Morgan fingerprint density at radius 2 is 2.00 bits per heavy atom. The van der Waals surface area contributed by atoms with E-state index in [4.69, 9.17) is 5.73 Å². The highest BCUT2D eigenvalue weighted by atomic mass is 16.3. The smallest absolute Gasteiger partial charge is 0.0674 e. The lowest BCUT2D eigenvalue weighted by atomic mass is 10.2. The van der Waals surface area contributed by atoms with Crippen molar-refractivity contribution in [1.29, 1.82) is 0 Å². The van der Waals surface area contributed by atoms with E-state index in [-0.39, 0.29) is 6.10 Å². The number of aliphatic hydroxyl groups excluding tert-OH is 1. The highest BCUT2D eigenvalue weighted by Gasteiger charge is 2.33. The maximum atomic E-state index is 9.41. The van der Waals surface area contributed by atoms with Gasteiger partial charge in [-0.25, -0.2) is 0 Å². The van der Waals surface area contributed by atoms with Crippen molar-refractivity contribution in [3.8, 4) is 0 Å². The zero-order valence-corrected chi connectivity index (χ0v) is 8.86. The molecule has 2 fully saturated rings. The molecule has 0 radical (unpaired) electrons. The van der Waals surface area contributed by atoms with Crippen LogP contribution < -0.4 is 5.73 Å². The van der Waals surface area contributed by atoms with Crippen LogP contribution in [0.2, 0.25) is 0 Å². The summed E-state index contributed by atoms with van der Waals surface area (Å²) in [5, 5.41) is 9.41. The second kappa shape index (κ2) is 4.60. The molecule has 0 aromatic heterocycles. The van der Waals surface area contributed by atoms with Gasteiger partial charge in [-0.2, -0.15) is 0 Å². The molecule has 0 spiro atoms. The van der Waals surface area contributed by atoms with Crippen molar-refractivity contribution in [2.24, 2.45) is 11.7 Å². The first-order valence-corrected chi connectivity index (χ1v) is 5.91. The molecule has 3 nitrogen and oxygen atoms in total. The van der Waals surface area contributed by atoms with Gasteiger partial charge in [0.2, 0.25) is 0 Å². The van der Waals surface area contributed by atoms with E-state index in [2.05, 4.69) is 4.90 Å². The quantitative estimate of drug-likeness (QED) is 0.629. The van der Waals surface area contributed by atoms with Crippen LogP contribution in [-0.4, -0.2) is 41.8 Å². The second-order valence-corrected chi connectivity index (χ2v) is 4.85. The average molecular weight is 198 g/mol. The molecule has 0 saturated heterocycles. The minimum absolute atomic E-state index is 0.296. The third kappa shape index (κ3) is 3.23. The summed E-state index contributed by atoms with van der Waals surface area (Å²) >= 11 is 0. The first-order valence-electron chi connectivity index (χ1n) is 5.91. The molecule has 3 N–H and O–H groups in total.